The Labute approximate surface area is 182 Å². The van der Waals surface area contributed by atoms with Gasteiger partial charge in [-0.05, 0) is 43.2 Å². The number of carbonyl (C=O) groups excluding carboxylic acids is 1. The molecule has 1 amide bonds. The Hall–Kier alpha value is -3.75. The van der Waals surface area contributed by atoms with E-state index in [2.05, 4.69) is 20.1 Å². The molecule has 0 aliphatic carbocycles. The smallest absolute Gasteiger partial charge is 0.408 e. The molecule has 9 heteroatoms. The number of rotatable bonds is 5. The molecule has 5 rings (SSSR count). The van der Waals surface area contributed by atoms with Gasteiger partial charge in [-0.3, -0.25) is 9.36 Å². The van der Waals surface area contributed by atoms with Crippen molar-refractivity contribution in [3.05, 3.63) is 64.7 Å². The number of nitrogens with zero attached hydrogens (tertiary/aromatic N) is 4. The zero-order valence-corrected chi connectivity index (χ0v) is 17.4. The van der Waals surface area contributed by atoms with Gasteiger partial charge in [-0.1, -0.05) is 18.6 Å². The van der Waals surface area contributed by atoms with E-state index >= 15 is 0 Å². The van der Waals surface area contributed by atoms with Crippen molar-refractivity contribution in [2.24, 2.45) is 0 Å². The van der Waals surface area contributed by atoms with Gasteiger partial charge in [0, 0.05) is 31.5 Å². The van der Waals surface area contributed by atoms with Crippen LogP contribution in [0.5, 0.6) is 0 Å². The van der Waals surface area contributed by atoms with Crippen molar-refractivity contribution in [2.45, 2.75) is 45.2 Å². The zero-order chi connectivity index (χ0) is 22.1. The summed E-state index contributed by atoms with van der Waals surface area (Å²) < 4.78 is 23.1. The lowest BCUT2D eigenvalue weighted by atomic mass is 10.1. The first-order valence-corrected chi connectivity index (χ1v) is 10.7. The van der Waals surface area contributed by atoms with Gasteiger partial charge in [0.15, 0.2) is 11.4 Å². The van der Waals surface area contributed by atoms with E-state index in [0.29, 0.717) is 22.5 Å². The number of aromatic nitrogens is 4. The van der Waals surface area contributed by atoms with E-state index in [4.69, 9.17) is 4.42 Å². The number of halogens is 1. The molecule has 32 heavy (non-hydrogen) atoms. The molecule has 2 aromatic carbocycles. The number of hydrogen-bond acceptors (Lipinski definition) is 5. The van der Waals surface area contributed by atoms with Crippen molar-refractivity contribution in [1.29, 1.82) is 0 Å². The molecule has 0 saturated carbocycles. The van der Waals surface area contributed by atoms with Crippen molar-refractivity contribution >= 4 is 22.7 Å². The van der Waals surface area contributed by atoms with Crippen molar-refractivity contribution in [3.8, 4) is 11.4 Å². The van der Waals surface area contributed by atoms with Crippen LogP contribution in [0.2, 0.25) is 0 Å². The summed E-state index contributed by atoms with van der Waals surface area (Å²) in [5.74, 6) is 0.139. The molecule has 1 aliphatic heterocycles. The molecule has 1 aliphatic rings. The number of amides is 1. The fourth-order valence-corrected chi connectivity index (χ4v) is 4.11. The second kappa shape index (κ2) is 8.41. The topological polar surface area (TPSA) is 94.9 Å². The summed E-state index contributed by atoms with van der Waals surface area (Å²) in [6, 6.07) is 11.5. The Kier molecular flexibility index (Phi) is 5.30. The molecule has 0 bridgehead atoms. The summed E-state index contributed by atoms with van der Waals surface area (Å²) in [4.78, 5) is 24.6. The number of hydrogen-bond donors (Lipinski definition) is 1. The van der Waals surface area contributed by atoms with Crippen LogP contribution in [0.15, 0.2) is 51.7 Å². The largest absolute Gasteiger partial charge is 0.419 e. The van der Waals surface area contributed by atoms with Crippen molar-refractivity contribution in [3.63, 3.8) is 0 Å². The lowest BCUT2D eigenvalue weighted by Gasteiger charge is -2.10. The molecule has 4 aromatic rings. The molecule has 0 radical (unpaired) electrons. The number of para-hydroxylation sites is 2. The van der Waals surface area contributed by atoms with Crippen molar-refractivity contribution < 1.29 is 13.6 Å². The highest BCUT2D eigenvalue weighted by molar-refractivity contribution is 5.91. The standard InChI is InChI=1S/C23H22FN5O3/c24-16-10-9-15(22-27-26-20-8-2-1-5-12-29(20)22)14-17(16)25-21(30)11-13-28-18-6-3-4-7-19(18)32-23(28)31/h3-4,6-7,9-10,14H,1-2,5,8,11-13H2,(H,25,30). The van der Waals surface area contributed by atoms with Gasteiger partial charge in [0.1, 0.15) is 11.6 Å². The molecule has 0 atom stereocenters. The minimum Gasteiger partial charge on any atom is -0.408 e. The van der Waals surface area contributed by atoms with E-state index in [1.807, 2.05) is 0 Å². The van der Waals surface area contributed by atoms with Gasteiger partial charge in [0.05, 0.1) is 11.2 Å². The van der Waals surface area contributed by atoms with Gasteiger partial charge in [-0.25, -0.2) is 9.18 Å². The van der Waals surface area contributed by atoms with Gasteiger partial charge in [0.2, 0.25) is 5.91 Å². The van der Waals surface area contributed by atoms with Crippen LogP contribution >= 0.6 is 0 Å². The fourth-order valence-electron chi connectivity index (χ4n) is 4.11. The fraction of sp³-hybridized carbons (Fsp3) is 0.304. The van der Waals surface area contributed by atoms with Gasteiger partial charge >= 0.3 is 5.76 Å². The zero-order valence-electron chi connectivity index (χ0n) is 17.4. The normalized spacial score (nSPS) is 13.7. The number of benzene rings is 2. The summed E-state index contributed by atoms with van der Waals surface area (Å²) in [6.45, 7) is 0.949. The number of aryl methyl sites for hydroxylation is 2. The minimum absolute atomic E-state index is 0.00652. The number of carbonyl (C=O) groups is 1. The first-order valence-electron chi connectivity index (χ1n) is 10.7. The van der Waals surface area contributed by atoms with Crippen LogP contribution in [0.25, 0.3) is 22.5 Å². The average Bonchev–Trinajstić information content (AvgIpc) is 3.24. The quantitative estimate of drug-likeness (QED) is 0.515. The van der Waals surface area contributed by atoms with Gasteiger partial charge in [0.25, 0.3) is 0 Å². The van der Waals surface area contributed by atoms with Crippen LogP contribution in [0, 0.1) is 5.82 Å². The van der Waals surface area contributed by atoms with E-state index in [1.165, 1.54) is 10.6 Å². The highest BCUT2D eigenvalue weighted by Gasteiger charge is 2.18. The summed E-state index contributed by atoms with van der Waals surface area (Å²) in [7, 11) is 0. The molecular weight excluding hydrogens is 413 g/mol. The maximum atomic E-state index is 14.4. The first-order chi connectivity index (χ1) is 15.6. The molecule has 3 heterocycles. The molecule has 0 saturated heterocycles. The van der Waals surface area contributed by atoms with Crippen LogP contribution in [-0.4, -0.2) is 25.2 Å². The number of nitrogens with one attached hydrogen (secondary N) is 1. The van der Waals surface area contributed by atoms with E-state index in [0.717, 1.165) is 38.1 Å². The van der Waals surface area contributed by atoms with Crippen LogP contribution in [0.4, 0.5) is 10.1 Å². The lowest BCUT2D eigenvalue weighted by Crippen LogP contribution is -2.20. The molecule has 1 N–H and O–H groups in total. The van der Waals surface area contributed by atoms with Gasteiger partial charge in [-0.15, -0.1) is 10.2 Å². The van der Waals surface area contributed by atoms with Crippen LogP contribution in [0.3, 0.4) is 0 Å². The SMILES string of the molecule is O=C(CCn1c(=O)oc2ccccc21)Nc1cc(-c2nnc3n2CCCCC3)ccc1F. The highest BCUT2D eigenvalue weighted by Crippen LogP contribution is 2.26. The average molecular weight is 435 g/mol. The van der Waals surface area contributed by atoms with Crippen molar-refractivity contribution in [1.82, 2.24) is 19.3 Å². The maximum Gasteiger partial charge on any atom is 0.419 e. The number of oxazole rings is 1. The Bertz CT molecular complexity index is 1350. The monoisotopic (exact) mass is 435 g/mol. The molecule has 8 nitrogen and oxygen atoms in total. The second-order valence-electron chi connectivity index (χ2n) is 7.88. The van der Waals surface area contributed by atoms with E-state index < -0.39 is 17.5 Å². The third-order valence-corrected chi connectivity index (χ3v) is 5.74. The molecule has 164 valence electrons. The molecule has 0 fully saturated rings. The van der Waals surface area contributed by atoms with Crippen LogP contribution in [-0.2, 0) is 24.3 Å². The molecule has 0 unspecified atom stereocenters. The van der Waals surface area contributed by atoms with E-state index in [1.54, 1.807) is 36.4 Å². The summed E-state index contributed by atoms with van der Waals surface area (Å²) in [5, 5.41) is 11.2. The molecular formula is C23H22FN5O3. The minimum atomic E-state index is -0.538. The van der Waals surface area contributed by atoms with Crippen LogP contribution in [0.1, 0.15) is 31.5 Å². The molecule has 2 aromatic heterocycles. The van der Waals surface area contributed by atoms with Gasteiger partial charge in [-0.2, -0.15) is 0 Å². The Morgan fingerprint density at radius 2 is 2.00 bits per heavy atom. The van der Waals surface area contributed by atoms with Crippen molar-refractivity contribution in [2.75, 3.05) is 5.32 Å². The maximum absolute atomic E-state index is 14.4. The van der Waals surface area contributed by atoms with E-state index in [-0.39, 0.29) is 18.7 Å². The van der Waals surface area contributed by atoms with Gasteiger partial charge < -0.3 is 14.3 Å². The lowest BCUT2D eigenvalue weighted by molar-refractivity contribution is -0.116. The first kappa shape index (κ1) is 20.2. The summed E-state index contributed by atoms with van der Waals surface area (Å²) >= 11 is 0. The Morgan fingerprint density at radius 3 is 2.91 bits per heavy atom. The highest BCUT2D eigenvalue weighted by atomic mass is 19.1. The Balaban J connectivity index is 1.33. The summed E-state index contributed by atoms with van der Waals surface area (Å²) in [5.41, 5.74) is 1.84. The second-order valence-corrected chi connectivity index (χ2v) is 7.88. The third-order valence-electron chi connectivity index (χ3n) is 5.74. The van der Waals surface area contributed by atoms with E-state index in [9.17, 15) is 14.0 Å². The predicted molar refractivity (Wildman–Crippen MR) is 117 cm³/mol. The predicted octanol–water partition coefficient (Wildman–Crippen LogP) is 3.75. The number of fused-ring (bicyclic) bond motifs is 2. The van der Waals surface area contributed by atoms with Crippen LogP contribution < -0.4 is 11.1 Å². The molecule has 0 spiro atoms. The summed E-state index contributed by atoms with van der Waals surface area (Å²) in [6.07, 6.45) is 4.14. The number of anilines is 1. The third kappa shape index (κ3) is 3.81. The Morgan fingerprint density at radius 1 is 1.12 bits per heavy atom.